The summed E-state index contributed by atoms with van der Waals surface area (Å²) >= 11 is 0. The van der Waals surface area contributed by atoms with Crippen LogP contribution in [0.25, 0.3) is 0 Å². The van der Waals surface area contributed by atoms with Gasteiger partial charge >= 0.3 is 0 Å². The molecule has 2 rings (SSSR count). The van der Waals surface area contributed by atoms with E-state index in [9.17, 15) is 9.50 Å². The molecule has 0 aliphatic carbocycles. The summed E-state index contributed by atoms with van der Waals surface area (Å²) in [6, 6.07) is 4.98. The Kier molecular flexibility index (Phi) is 4.14. The molecule has 2 nitrogen and oxygen atoms in total. The van der Waals surface area contributed by atoms with E-state index in [1.165, 1.54) is 6.07 Å². The lowest BCUT2D eigenvalue weighted by Gasteiger charge is -2.29. The summed E-state index contributed by atoms with van der Waals surface area (Å²) in [5.41, 5.74) is 1.60. The third kappa shape index (κ3) is 2.62. The number of rotatable bonds is 4. The van der Waals surface area contributed by atoms with Crippen molar-refractivity contribution in [3.8, 4) is 0 Å². The molecular weight excluding hydrogens is 241 g/mol. The average Bonchev–Trinajstić information content (AvgIpc) is 2.83. The number of hydrogen-bond acceptors (Lipinski definition) is 2. The number of halogens is 1. The molecule has 0 unspecified atom stereocenters. The highest BCUT2D eigenvalue weighted by Crippen LogP contribution is 2.41. The second-order valence-electron chi connectivity index (χ2n) is 5.73. The molecule has 3 heteroatoms. The highest BCUT2D eigenvalue weighted by atomic mass is 19.1. The van der Waals surface area contributed by atoms with Crippen molar-refractivity contribution in [3.05, 3.63) is 29.6 Å². The summed E-state index contributed by atoms with van der Waals surface area (Å²) in [6.45, 7) is 7.89. The van der Waals surface area contributed by atoms with Crippen LogP contribution in [-0.2, 0) is 0 Å². The summed E-state index contributed by atoms with van der Waals surface area (Å²) in [7, 11) is 0. The minimum absolute atomic E-state index is 0.221. The molecule has 1 aliphatic heterocycles. The highest BCUT2D eigenvalue weighted by Gasteiger charge is 2.36. The lowest BCUT2D eigenvalue weighted by atomic mass is 9.82. The zero-order valence-corrected chi connectivity index (χ0v) is 12.1. The van der Waals surface area contributed by atoms with Gasteiger partial charge in [0.1, 0.15) is 5.82 Å². The van der Waals surface area contributed by atoms with Crippen molar-refractivity contribution < 1.29 is 9.50 Å². The van der Waals surface area contributed by atoms with Gasteiger partial charge in [0, 0.05) is 18.7 Å². The van der Waals surface area contributed by atoms with E-state index in [0.29, 0.717) is 16.7 Å². The zero-order valence-electron chi connectivity index (χ0n) is 12.1. The summed E-state index contributed by atoms with van der Waals surface area (Å²) in [5, 5.41) is 9.84. The van der Waals surface area contributed by atoms with Crippen LogP contribution in [0.15, 0.2) is 18.2 Å². The van der Waals surface area contributed by atoms with Crippen LogP contribution in [0.2, 0.25) is 0 Å². The monoisotopic (exact) mass is 265 g/mol. The number of anilines is 1. The molecule has 1 aliphatic rings. The Morgan fingerprint density at radius 2 is 2.05 bits per heavy atom. The zero-order chi connectivity index (χ0) is 14.0. The van der Waals surface area contributed by atoms with Gasteiger partial charge in [0.25, 0.3) is 0 Å². The largest absolute Gasteiger partial charge is 0.389 e. The highest BCUT2D eigenvalue weighted by molar-refractivity contribution is 5.56. The van der Waals surface area contributed by atoms with Gasteiger partial charge in [-0.3, -0.25) is 0 Å². The van der Waals surface area contributed by atoms with Crippen molar-refractivity contribution in [3.63, 3.8) is 0 Å². The number of nitrogens with zero attached hydrogens (tertiary/aromatic N) is 1. The van der Waals surface area contributed by atoms with Gasteiger partial charge in [-0.1, -0.05) is 26.0 Å². The SMILES string of the molecule is CCC1(CC)CCN(c2c(F)cccc2[C@@H](C)O)C1. The fourth-order valence-corrected chi connectivity index (χ4v) is 3.16. The van der Waals surface area contributed by atoms with Crippen LogP contribution >= 0.6 is 0 Å². The van der Waals surface area contributed by atoms with Gasteiger partial charge in [0.15, 0.2) is 0 Å². The Morgan fingerprint density at radius 1 is 1.37 bits per heavy atom. The number of benzene rings is 1. The van der Waals surface area contributed by atoms with Crippen molar-refractivity contribution in [1.82, 2.24) is 0 Å². The van der Waals surface area contributed by atoms with Crippen LogP contribution in [0, 0.1) is 11.2 Å². The molecule has 1 atom stereocenters. The minimum atomic E-state index is -0.635. The molecule has 1 N–H and O–H groups in total. The maximum atomic E-state index is 14.2. The van der Waals surface area contributed by atoms with E-state index < -0.39 is 6.10 Å². The molecule has 19 heavy (non-hydrogen) atoms. The predicted molar refractivity (Wildman–Crippen MR) is 76.9 cm³/mol. The molecule has 106 valence electrons. The van der Waals surface area contributed by atoms with E-state index in [2.05, 4.69) is 18.7 Å². The fraction of sp³-hybridized carbons (Fsp3) is 0.625. The van der Waals surface area contributed by atoms with Gasteiger partial charge < -0.3 is 10.0 Å². The Morgan fingerprint density at radius 3 is 2.58 bits per heavy atom. The Labute approximate surface area is 115 Å². The van der Waals surface area contributed by atoms with Crippen LogP contribution in [0.4, 0.5) is 10.1 Å². The number of hydrogen-bond donors (Lipinski definition) is 1. The minimum Gasteiger partial charge on any atom is -0.389 e. The van der Waals surface area contributed by atoms with Crippen molar-refractivity contribution in [2.45, 2.75) is 46.1 Å². The molecule has 0 amide bonds. The van der Waals surface area contributed by atoms with Gasteiger partial charge in [-0.15, -0.1) is 0 Å². The third-order valence-corrected chi connectivity index (χ3v) is 4.72. The molecule has 1 heterocycles. The smallest absolute Gasteiger partial charge is 0.146 e. The molecule has 0 bridgehead atoms. The first-order valence-electron chi connectivity index (χ1n) is 7.24. The molecule has 0 spiro atoms. The number of para-hydroxylation sites is 1. The Hall–Kier alpha value is -1.09. The lowest BCUT2D eigenvalue weighted by molar-refractivity contribution is 0.199. The number of aliphatic hydroxyl groups excluding tert-OH is 1. The number of aliphatic hydroxyl groups is 1. The molecular formula is C16H24FNO. The van der Waals surface area contributed by atoms with E-state index in [-0.39, 0.29) is 5.82 Å². The van der Waals surface area contributed by atoms with Crippen LogP contribution in [0.1, 0.15) is 51.7 Å². The van der Waals surface area contributed by atoms with Gasteiger partial charge in [0.05, 0.1) is 11.8 Å². The third-order valence-electron chi connectivity index (χ3n) is 4.72. The lowest BCUT2D eigenvalue weighted by Crippen LogP contribution is -2.27. The van der Waals surface area contributed by atoms with Gasteiger partial charge in [-0.2, -0.15) is 0 Å². The topological polar surface area (TPSA) is 23.5 Å². The first-order chi connectivity index (χ1) is 9.03. The predicted octanol–water partition coefficient (Wildman–Crippen LogP) is 3.90. The van der Waals surface area contributed by atoms with Crippen molar-refractivity contribution in [1.29, 1.82) is 0 Å². The first kappa shape index (κ1) is 14.3. The molecule has 1 saturated heterocycles. The molecule has 0 radical (unpaired) electrons. The summed E-state index contributed by atoms with van der Waals surface area (Å²) in [4.78, 5) is 2.12. The summed E-state index contributed by atoms with van der Waals surface area (Å²) < 4.78 is 14.2. The summed E-state index contributed by atoms with van der Waals surface area (Å²) in [6.07, 6.45) is 2.72. The van der Waals surface area contributed by atoms with Crippen molar-refractivity contribution in [2.24, 2.45) is 5.41 Å². The second kappa shape index (κ2) is 5.49. The normalized spacial score (nSPS) is 19.7. The van der Waals surface area contributed by atoms with E-state index in [1.54, 1.807) is 13.0 Å². The average molecular weight is 265 g/mol. The van der Waals surface area contributed by atoms with Crippen molar-refractivity contribution >= 4 is 5.69 Å². The van der Waals surface area contributed by atoms with E-state index >= 15 is 0 Å². The molecule has 1 aromatic rings. The Balaban J connectivity index is 2.34. The quantitative estimate of drug-likeness (QED) is 0.892. The van der Waals surface area contributed by atoms with Gasteiger partial charge in [-0.25, -0.2) is 4.39 Å². The maximum absolute atomic E-state index is 14.2. The van der Waals surface area contributed by atoms with Crippen LogP contribution in [-0.4, -0.2) is 18.2 Å². The fourth-order valence-electron chi connectivity index (χ4n) is 3.16. The molecule has 0 aromatic heterocycles. The van der Waals surface area contributed by atoms with Crippen LogP contribution < -0.4 is 4.90 Å². The van der Waals surface area contributed by atoms with Gasteiger partial charge in [-0.05, 0) is 37.7 Å². The van der Waals surface area contributed by atoms with E-state index in [1.807, 2.05) is 6.07 Å². The Bertz CT molecular complexity index is 440. The standard InChI is InChI=1S/C16H24FNO/c1-4-16(5-2)9-10-18(11-16)15-13(12(3)19)7-6-8-14(15)17/h6-8,12,19H,4-5,9-11H2,1-3H3/t12-/m1/s1. The first-order valence-corrected chi connectivity index (χ1v) is 7.24. The van der Waals surface area contributed by atoms with Crippen molar-refractivity contribution in [2.75, 3.05) is 18.0 Å². The van der Waals surface area contributed by atoms with E-state index in [0.717, 1.165) is 32.4 Å². The van der Waals surface area contributed by atoms with Crippen LogP contribution in [0.3, 0.4) is 0 Å². The summed E-state index contributed by atoms with van der Waals surface area (Å²) in [5.74, 6) is -0.221. The van der Waals surface area contributed by atoms with E-state index in [4.69, 9.17) is 0 Å². The van der Waals surface area contributed by atoms with Crippen LogP contribution in [0.5, 0.6) is 0 Å². The maximum Gasteiger partial charge on any atom is 0.146 e. The molecule has 1 aromatic carbocycles. The molecule has 0 saturated carbocycles. The second-order valence-corrected chi connectivity index (χ2v) is 5.73. The van der Waals surface area contributed by atoms with Gasteiger partial charge in [0.2, 0.25) is 0 Å². The molecule has 1 fully saturated rings.